The summed E-state index contributed by atoms with van der Waals surface area (Å²) in [6.45, 7) is 0.264. The van der Waals surface area contributed by atoms with Crippen LogP contribution in [0.15, 0.2) is 42.5 Å². The molecule has 4 nitrogen and oxygen atoms in total. The van der Waals surface area contributed by atoms with Gasteiger partial charge in [0.25, 0.3) is 5.91 Å². The number of nitrogens with one attached hydrogen (secondary N) is 1. The molecule has 3 N–H and O–H groups in total. The number of hydrogen-bond acceptors (Lipinski definition) is 2. The monoisotopic (exact) mass is 334 g/mol. The van der Waals surface area contributed by atoms with Crippen LogP contribution in [-0.2, 0) is 4.79 Å². The summed E-state index contributed by atoms with van der Waals surface area (Å²) < 4.78 is 14.1. The highest BCUT2D eigenvalue weighted by Gasteiger charge is 2.12. The highest BCUT2D eigenvalue weighted by atomic mass is 35.5. The number of amides is 2. The molecule has 0 aliphatic heterocycles. The van der Waals surface area contributed by atoms with Gasteiger partial charge in [0, 0.05) is 18.0 Å². The zero-order valence-corrected chi connectivity index (χ0v) is 13.1. The average Bonchev–Trinajstić information content (AvgIpc) is 2.51. The van der Waals surface area contributed by atoms with Crippen LogP contribution in [0.2, 0.25) is 5.02 Å². The largest absolute Gasteiger partial charge is 0.370 e. The smallest absolute Gasteiger partial charge is 0.254 e. The van der Waals surface area contributed by atoms with Gasteiger partial charge in [-0.3, -0.25) is 9.59 Å². The average molecular weight is 335 g/mol. The van der Waals surface area contributed by atoms with E-state index in [1.54, 1.807) is 30.3 Å². The molecule has 0 aliphatic carbocycles. The molecular formula is C17H16ClFN2O2. The molecule has 0 fully saturated rings. The fourth-order valence-corrected chi connectivity index (χ4v) is 2.21. The molecular weight excluding hydrogens is 319 g/mol. The molecule has 0 spiro atoms. The first-order chi connectivity index (χ1) is 11.0. The lowest BCUT2D eigenvalue weighted by Gasteiger charge is -2.08. The first kappa shape index (κ1) is 17.0. The Bertz CT molecular complexity index is 717. The molecule has 2 aromatic rings. The Morgan fingerprint density at radius 2 is 1.74 bits per heavy atom. The molecule has 2 rings (SSSR count). The van der Waals surface area contributed by atoms with Crippen LogP contribution in [0, 0.1) is 5.82 Å². The second-order valence-corrected chi connectivity index (χ2v) is 5.46. The Morgan fingerprint density at radius 3 is 2.35 bits per heavy atom. The minimum absolute atomic E-state index is 0.0400. The lowest BCUT2D eigenvalue weighted by molar-refractivity contribution is -0.118. The molecule has 0 saturated carbocycles. The standard InChI is InChI=1S/C17H16ClFN2O2/c18-13-6-3-11(4-7-13)12-5-8-14(15(19)10-12)17(23)21-9-1-2-16(20)22/h3-8,10H,1-2,9H2,(H2,20,22)(H,21,23). The van der Waals surface area contributed by atoms with Crippen LogP contribution >= 0.6 is 11.6 Å². The minimum Gasteiger partial charge on any atom is -0.370 e. The maximum atomic E-state index is 14.1. The van der Waals surface area contributed by atoms with E-state index in [-0.39, 0.29) is 18.5 Å². The number of primary amides is 1. The lowest BCUT2D eigenvalue weighted by atomic mass is 10.0. The molecule has 0 bridgehead atoms. The number of hydrogen-bond donors (Lipinski definition) is 2. The van der Waals surface area contributed by atoms with Crippen molar-refractivity contribution in [2.75, 3.05) is 6.54 Å². The molecule has 6 heteroatoms. The van der Waals surface area contributed by atoms with Crippen molar-refractivity contribution in [2.45, 2.75) is 12.8 Å². The van der Waals surface area contributed by atoms with Gasteiger partial charge >= 0.3 is 0 Å². The van der Waals surface area contributed by atoms with Crippen LogP contribution in [0.1, 0.15) is 23.2 Å². The molecule has 0 unspecified atom stereocenters. The third kappa shape index (κ3) is 4.79. The Kier molecular flexibility index (Phi) is 5.71. The number of nitrogens with two attached hydrogens (primary N) is 1. The molecule has 0 atom stereocenters. The van der Waals surface area contributed by atoms with Gasteiger partial charge in [0.15, 0.2) is 0 Å². The summed E-state index contributed by atoms with van der Waals surface area (Å²) in [7, 11) is 0. The fourth-order valence-electron chi connectivity index (χ4n) is 2.08. The number of rotatable bonds is 6. The van der Waals surface area contributed by atoms with E-state index >= 15 is 0 Å². The first-order valence-corrected chi connectivity index (χ1v) is 7.47. The normalized spacial score (nSPS) is 10.3. The molecule has 23 heavy (non-hydrogen) atoms. The second kappa shape index (κ2) is 7.74. The predicted molar refractivity (Wildman–Crippen MR) is 87.6 cm³/mol. The molecule has 0 saturated heterocycles. The van der Waals surface area contributed by atoms with E-state index in [4.69, 9.17) is 17.3 Å². The first-order valence-electron chi connectivity index (χ1n) is 7.09. The number of carbonyl (C=O) groups is 2. The number of carbonyl (C=O) groups excluding carboxylic acids is 2. The molecule has 0 aliphatic rings. The van der Waals surface area contributed by atoms with Gasteiger partial charge in [0.1, 0.15) is 5.82 Å². The number of halogens is 2. The van der Waals surface area contributed by atoms with Crippen molar-refractivity contribution in [3.8, 4) is 11.1 Å². The quantitative estimate of drug-likeness (QED) is 0.796. The van der Waals surface area contributed by atoms with Crippen molar-refractivity contribution in [2.24, 2.45) is 5.73 Å². The third-order valence-corrected chi connectivity index (χ3v) is 3.53. The summed E-state index contributed by atoms with van der Waals surface area (Å²) in [4.78, 5) is 22.5. The van der Waals surface area contributed by atoms with Gasteiger partial charge in [-0.15, -0.1) is 0 Å². The van der Waals surface area contributed by atoms with E-state index < -0.39 is 17.6 Å². The fraction of sp³-hybridized carbons (Fsp3) is 0.176. The molecule has 0 heterocycles. The maximum absolute atomic E-state index is 14.1. The highest BCUT2D eigenvalue weighted by molar-refractivity contribution is 6.30. The van der Waals surface area contributed by atoms with E-state index in [9.17, 15) is 14.0 Å². The van der Waals surface area contributed by atoms with Crippen molar-refractivity contribution in [1.29, 1.82) is 0 Å². The minimum atomic E-state index is -0.607. The van der Waals surface area contributed by atoms with E-state index in [0.717, 1.165) is 5.56 Å². The lowest BCUT2D eigenvalue weighted by Crippen LogP contribution is -2.26. The van der Waals surface area contributed by atoms with E-state index in [2.05, 4.69) is 5.32 Å². The summed E-state index contributed by atoms with van der Waals surface area (Å²) in [6.07, 6.45) is 0.601. The highest BCUT2D eigenvalue weighted by Crippen LogP contribution is 2.23. The van der Waals surface area contributed by atoms with Gasteiger partial charge in [0.2, 0.25) is 5.91 Å². The van der Waals surface area contributed by atoms with E-state index in [1.807, 2.05) is 0 Å². The number of benzene rings is 2. The molecule has 120 valence electrons. The summed E-state index contributed by atoms with van der Waals surface area (Å²) in [5, 5.41) is 3.16. The van der Waals surface area contributed by atoms with Crippen LogP contribution < -0.4 is 11.1 Å². The van der Waals surface area contributed by atoms with Crippen molar-refractivity contribution in [3.05, 3.63) is 58.9 Å². The molecule has 2 amide bonds. The Morgan fingerprint density at radius 1 is 1.09 bits per heavy atom. The second-order valence-electron chi connectivity index (χ2n) is 5.03. The topological polar surface area (TPSA) is 72.2 Å². The van der Waals surface area contributed by atoms with Gasteiger partial charge < -0.3 is 11.1 Å². The van der Waals surface area contributed by atoms with Crippen molar-refractivity contribution < 1.29 is 14.0 Å². The Labute approximate surface area is 138 Å². The zero-order chi connectivity index (χ0) is 16.8. The van der Waals surface area contributed by atoms with Crippen LogP contribution in [0.25, 0.3) is 11.1 Å². The summed E-state index contributed by atoms with van der Waals surface area (Å²) in [5.41, 5.74) is 6.43. The summed E-state index contributed by atoms with van der Waals surface area (Å²) in [5.74, 6) is -1.56. The Balaban J connectivity index is 2.05. The third-order valence-electron chi connectivity index (χ3n) is 3.28. The van der Waals surface area contributed by atoms with Crippen LogP contribution in [-0.4, -0.2) is 18.4 Å². The van der Waals surface area contributed by atoms with Gasteiger partial charge in [-0.25, -0.2) is 4.39 Å². The van der Waals surface area contributed by atoms with E-state index in [1.165, 1.54) is 12.1 Å². The maximum Gasteiger partial charge on any atom is 0.254 e. The van der Waals surface area contributed by atoms with Crippen molar-refractivity contribution >= 4 is 23.4 Å². The molecule has 2 aromatic carbocycles. The SMILES string of the molecule is NC(=O)CCCNC(=O)c1ccc(-c2ccc(Cl)cc2)cc1F. The summed E-state index contributed by atoms with van der Waals surface area (Å²) in [6, 6.07) is 11.4. The van der Waals surface area contributed by atoms with Crippen LogP contribution in [0.4, 0.5) is 4.39 Å². The van der Waals surface area contributed by atoms with E-state index in [0.29, 0.717) is 17.0 Å². The molecule has 0 aromatic heterocycles. The molecule has 0 radical (unpaired) electrons. The predicted octanol–water partition coefficient (Wildman–Crippen LogP) is 3.14. The summed E-state index contributed by atoms with van der Waals surface area (Å²) >= 11 is 5.82. The van der Waals surface area contributed by atoms with Crippen LogP contribution in [0.3, 0.4) is 0 Å². The van der Waals surface area contributed by atoms with Gasteiger partial charge in [-0.1, -0.05) is 29.8 Å². The van der Waals surface area contributed by atoms with Gasteiger partial charge in [0.05, 0.1) is 5.56 Å². The van der Waals surface area contributed by atoms with Crippen molar-refractivity contribution in [1.82, 2.24) is 5.32 Å². The van der Waals surface area contributed by atoms with Gasteiger partial charge in [-0.2, -0.15) is 0 Å². The van der Waals surface area contributed by atoms with Gasteiger partial charge in [-0.05, 0) is 41.8 Å². The van der Waals surface area contributed by atoms with Crippen LogP contribution in [0.5, 0.6) is 0 Å². The Hall–Kier alpha value is -2.40. The zero-order valence-electron chi connectivity index (χ0n) is 12.3. The van der Waals surface area contributed by atoms with Crippen molar-refractivity contribution in [3.63, 3.8) is 0 Å².